The molecule has 2 aromatic carbocycles. The fourth-order valence-corrected chi connectivity index (χ4v) is 10.2. The molecule has 3 atom stereocenters. The van der Waals surface area contributed by atoms with Gasteiger partial charge in [-0.25, -0.2) is 14.1 Å². The molecule has 1 spiro atoms. The molecule has 3 unspecified atom stereocenters. The maximum absolute atomic E-state index is 14.4. The third kappa shape index (κ3) is 5.31. The van der Waals surface area contributed by atoms with E-state index in [0.29, 0.717) is 30.4 Å². The number of aromatic amines is 1. The highest BCUT2D eigenvalue weighted by Crippen LogP contribution is 2.61. The fourth-order valence-electron chi connectivity index (χ4n) is 8.00. The number of imidazole rings is 1. The van der Waals surface area contributed by atoms with Crippen molar-refractivity contribution in [3.63, 3.8) is 0 Å². The number of halogens is 1. The van der Waals surface area contributed by atoms with Crippen molar-refractivity contribution in [3.8, 4) is 11.3 Å². The smallest absolute Gasteiger partial charge is 0.329 e. The Hall–Kier alpha value is -3.05. The van der Waals surface area contributed by atoms with Crippen molar-refractivity contribution in [2.75, 3.05) is 57.8 Å². The van der Waals surface area contributed by atoms with Gasteiger partial charge >= 0.3 is 11.6 Å². The number of amides is 2. The van der Waals surface area contributed by atoms with Gasteiger partial charge in [-0.2, -0.15) is 0 Å². The second-order valence-corrected chi connectivity index (χ2v) is 15.7. The number of hydrogen-bond donors (Lipinski definition) is 1. The Labute approximate surface area is 280 Å². The van der Waals surface area contributed by atoms with E-state index in [1.54, 1.807) is 16.3 Å². The number of nitrogens with one attached hydrogen (secondary N) is 1. The molecule has 11 heteroatoms. The van der Waals surface area contributed by atoms with Gasteiger partial charge in [-0.05, 0) is 51.4 Å². The van der Waals surface area contributed by atoms with Crippen molar-refractivity contribution in [2.45, 2.75) is 61.7 Å². The van der Waals surface area contributed by atoms with E-state index in [9.17, 15) is 14.4 Å². The number of thioether (sulfide) groups is 1. The normalized spacial score (nSPS) is 26.9. The molecule has 0 saturated carbocycles. The number of piperazine rings is 1. The van der Waals surface area contributed by atoms with Crippen molar-refractivity contribution in [2.24, 2.45) is 0 Å². The number of anilines is 1. The molecule has 0 bridgehead atoms. The molecule has 0 radical (unpaired) electrons. The third-order valence-corrected chi connectivity index (χ3v) is 12.9. The number of nitrogens with zero attached hydrogens (tertiary/aromatic N) is 5. The van der Waals surface area contributed by atoms with Gasteiger partial charge in [0.15, 0.2) is 5.37 Å². The first-order chi connectivity index (χ1) is 22.1. The number of carbonyl (C=O) groups is 2. The van der Waals surface area contributed by atoms with Crippen molar-refractivity contribution in [1.29, 1.82) is 0 Å². The average molecular weight is 664 g/mol. The molecule has 2 amide bonds. The Bertz CT molecular complexity index is 1670. The van der Waals surface area contributed by atoms with Gasteiger partial charge in [0.2, 0.25) is 5.91 Å². The molecule has 4 aliphatic heterocycles. The Kier molecular flexibility index (Phi) is 8.36. The zero-order valence-electron chi connectivity index (χ0n) is 27.0. The molecule has 7 rings (SSSR count). The van der Waals surface area contributed by atoms with Gasteiger partial charge in [0.1, 0.15) is 10.8 Å². The molecule has 0 aliphatic carbocycles. The summed E-state index contributed by atoms with van der Waals surface area (Å²) in [6, 6.07) is 16.0. The molecule has 1 N–H and O–H groups in total. The lowest BCUT2D eigenvalue weighted by molar-refractivity contribution is -0.956. The van der Waals surface area contributed by atoms with E-state index in [-0.39, 0.29) is 40.9 Å². The summed E-state index contributed by atoms with van der Waals surface area (Å²) in [6.07, 6.45) is 4.48. The molecule has 4 aliphatic rings. The molecular formula is C35H44ClN6O3S+. The predicted octanol–water partition coefficient (Wildman–Crippen LogP) is 5.14. The summed E-state index contributed by atoms with van der Waals surface area (Å²) in [7, 11) is 2.14. The number of benzene rings is 2. The largest absolute Gasteiger partial charge is 0.367 e. The van der Waals surface area contributed by atoms with Crippen LogP contribution in [-0.2, 0) is 9.59 Å². The highest BCUT2D eigenvalue weighted by Gasteiger charge is 2.69. The van der Waals surface area contributed by atoms with Crippen molar-refractivity contribution in [3.05, 3.63) is 75.8 Å². The Morgan fingerprint density at radius 2 is 1.72 bits per heavy atom. The van der Waals surface area contributed by atoms with Crippen molar-refractivity contribution < 1.29 is 14.1 Å². The maximum atomic E-state index is 14.4. The number of carbonyl (C=O) groups excluding carboxylic acids is 2. The van der Waals surface area contributed by atoms with E-state index in [0.717, 1.165) is 66.7 Å². The van der Waals surface area contributed by atoms with Crippen LogP contribution in [0.2, 0.25) is 5.02 Å². The quantitative estimate of drug-likeness (QED) is 0.368. The fraction of sp³-hybridized carbons (Fsp3) is 0.514. The van der Waals surface area contributed by atoms with Crippen LogP contribution in [0.25, 0.3) is 11.3 Å². The SMILES string of the molecule is CN1CCN(c2c(Cl)cccc2C2SC(CC(=O)N3CCC(n4cc(-c5ccccc5)[nH]c4=O)CC3)C(=O)[N+]23CCC3(C)C)CC1. The van der Waals surface area contributed by atoms with E-state index in [1.807, 2.05) is 53.6 Å². The van der Waals surface area contributed by atoms with Gasteiger partial charge in [-0.15, -0.1) is 0 Å². The summed E-state index contributed by atoms with van der Waals surface area (Å²) in [5.74, 6) is 0.198. The van der Waals surface area contributed by atoms with Crippen molar-refractivity contribution in [1.82, 2.24) is 19.4 Å². The number of hydrogen-bond acceptors (Lipinski definition) is 6. The second-order valence-electron chi connectivity index (χ2n) is 14.0. The average Bonchev–Trinajstić information content (AvgIpc) is 3.59. The minimum Gasteiger partial charge on any atom is -0.367 e. The Balaban J connectivity index is 1.07. The first-order valence-electron chi connectivity index (χ1n) is 16.5. The molecular weight excluding hydrogens is 620 g/mol. The van der Waals surface area contributed by atoms with Crippen molar-refractivity contribution >= 4 is 40.9 Å². The minimum absolute atomic E-state index is 0.0261. The molecule has 46 heavy (non-hydrogen) atoms. The molecule has 9 nitrogen and oxygen atoms in total. The van der Waals surface area contributed by atoms with Gasteiger partial charge < -0.3 is 19.7 Å². The Morgan fingerprint density at radius 3 is 2.37 bits per heavy atom. The maximum Gasteiger partial charge on any atom is 0.329 e. The van der Waals surface area contributed by atoms with Gasteiger partial charge in [-0.1, -0.05) is 59.8 Å². The van der Waals surface area contributed by atoms with Gasteiger partial charge in [0.25, 0.3) is 0 Å². The van der Waals surface area contributed by atoms with Gasteiger partial charge in [0.05, 0.1) is 35.8 Å². The number of H-pyrrole nitrogens is 1. The lowest BCUT2D eigenvalue weighted by Crippen LogP contribution is -2.73. The number of rotatable bonds is 6. The van der Waals surface area contributed by atoms with E-state index >= 15 is 0 Å². The first-order valence-corrected chi connectivity index (χ1v) is 17.8. The van der Waals surface area contributed by atoms with Crippen LogP contribution in [0.3, 0.4) is 0 Å². The number of aromatic nitrogens is 2. The number of piperidine rings is 1. The minimum atomic E-state index is -0.408. The molecule has 244 valence electrons. The summed E-state index contributed by atoms with van der Waals surface area (Å²) in [5.41, 5.74) is 3.61. The second kappa shape index (κ2) is 12.2. The monoisotopic (exact) mass is 663 g/mol. The van der Waals surface area contributed by atoms with Crippen LogP contribution in [0.1, 0.15) is 56.5 Å². The molecule has 4 fully saturated rings. The lowest BCUT2D eigenvalue weighted by atomic mass is 9.82. The van der Waals surface area contributed by atoms with Crippen LogP contribution in [0.15, 0.2) is 59.5 Å². The predicted molar refractivity (Wildman–Crippen MR) is 184 cm³/mol. The highest BCUT2D eigenvalue weighted by atomic mass is 35.5. The molecule has 1 aromatic heterocycles. The highest BCUT2D eigenvalue weighted by molar-refractivity contribution is 8.01. The lowest BCUT2D eigenvalue weighted by Gasteiger charge is -2.57. The van der Waals surface area contributed by atoms with E-state index in [2.05, 4.69) is 41.7 Å². The van der Waals surface area contributed by atoms with Crippen LogP contribution in [0.4, 0.5) is 5.69 Å². The molecule has 5 heterocycles. The van der Waals surface area contributed by atoms with Crippen LogP contribution in [-0.4, -0.2) is 99.3 Å². The third-order valence-electron chi connectivity index (χ3n) is 11.0. The topological polar surface area (TPSA) is 81.7 Å². The van der Waals surface area contributed by atoms with Crippen LogP contribution >= 0.6 is 23.4 Å². The number of likely N-dealkylation sites (tertiary alicyclic amines) is 1. The molecule has 3 aromatic rings. The number of para-hydroxylation sites is 1. The summed E-state index contributed by atoms with van der Waals surface area (Å²) in [6.45, 7) is 10.0. The van der Waals surface area contributed by atoms with Crippen LogP contribution in [0, 0.1) is 0 Å². The van der Waals surface area contributed by atoms with Gasteiger partial charge in [0, 0.05) is 57.1 Å². The summed E-state index contributed by atoms with van der Waals surface area (Å²) in [4.78, 5) is 50.6. The van der Waals surface area contributed by atoms with Gasteiger partial charge in [-0.3, -0.25) is 9.36 Å². The number of quaternary nitrogens is 1. The standard InChI is InChI=1S/C35H43ClN6O3S/c1-35(2)14-21-42(35)32(44)29(46-33(42)26-10-7-11-27(36)31(26)40-19-17-38(3)18-20-40)22-30(43)39-15-12-25(13-16-39)41-23-28(37-34(41)45)24-8-5-4-6-9-24/h4-11,23,25,29,33H,12-22H2,1-3H3/p+1. The van der Waals surface area contributed by atoms with E-state index in [1.165, 1.54) is 0 Å². The van der Waals surface area contributed by atoms with Crippen LogP contribution in [0.5, 0.6) is 0 Å². The number of likely N-dealkylation sites (N-methyl/N-ethyl adjacent to an activating group) is 1. The van der Waals surface area contributed by atoms with E-state index < -0.39 is 5.25 Å². The van der Waals surface area contributed by atoms with E-state index in [4.69, 9.17) is 11.6 Å². The zero-order valence-corrected chi connectivity index (χ0v) is 28.5. The summed E-state index contributed by atoms with van der Waals surface area (Å²) < 4.78 is 2.16. The van der Waals surface area contributed by atoms with Crippen LogP contribution < -0.4 is 10.6 Å². The Morgan fingerprint density at radius 1 is 1.00 bits per heavy atom. The summed E-state index contributed by atoms with van der Waals surface area (Å²) >= 11 is 8.59. The molecule has 4 saturated heterocycles. The zero-order chi connectivity index (χ0) is 32.2. The first kappa shape index (κ1) is 31.5. The summed E-state index contributed by atoms with van der Waals surface area (Å²) in [5, 5.41) is 0.216.